The molecule has 92 valence electrons. The zero-order valence-corrected chi connectivity index (χ0v) is 10.3. The van der Waals surface area contributed by atoms with E-state index in [0.29, 0.717) is 16.1 Å². The second-order valence-electron chi connectivity index (χ2n) is 3.96. The molecule has 0 bridgehead atoms. The van der Waals surface area contributed by atoms with Crippen molar-refractivity contribution in [3.05, 3.63) is 58.4 Å². The van der Waals surface area contributed by atoms with Crippen molar-refractivity contribution in [1.82, 2.24) is 0 Å². The first-order chi connectivity index (χ1) is 8.49. The van der Waals surface area contributed by atoms with E-state index in [1.807, 2.05) is 0 Å². The monoisotopic (exact) mass is 264 g/mol. The molecule has 0 saturated heterocycles. The fourth-order valence-corrected chi connectivity index (χ4v) is 1.91. The fraction of sp³-hybridized carbons (Fsp3) is 0.0714. The Morgan fingerprint density at radius 1 is 1.22 bits per heavy atom. The van der Waals surface area contributed by atoms with Crippen LogP contribution in [0.1, 0.15) is 15.9 Å². The third-order valence-electron chi connectivity index (χ3n) is 2.70. The van der Waals surface area contributed by atoms with Gasteiger partial charge in [0.2, 0.25) is 0 Å². The number of aryl methyl sites for hydroxylation is 1. The van der Waals surface area contributed by atoms with E-state index in [1.54, 1.807) is 31.2 Å². The van der Waals surface area contributed by atoms with Crippen LogP contribution < -0.4 is 0 Å². The molecule has 0 radical (unpaired) electrons. The molecule has 0 unspecified atom stereocenters. The van der Waals surface area contributed by atoms with Crippen LogP contribution >= 0.6 is 11.6 Å². The first-order valence-corrected chi connectivity index (χ1v) is 5.66. The highest BCUT2D eigenvalue weighted by molar-refractivity contribution is 6.30. The first-order valence-electron chi connectivity index (χ1n) is 5.28. The Bertz CT molecular complexity index is 606. The molecule has 0 spiro atoms. The van der Waals surface area contributed by atoms with E-state index in [4.69, 9.17) is 16.7 Å². The van der Waals surface area contributed by atoms with Crippen LogP contribution in [-0.4, -0.2) is 11.1 Å². The summed E-state index contributed by atoms with van der Waals surface area (Å²) in [5, 5.41) is 9.43. The Hall–Kier alpha value is -1.87. The lowest BCUT2D eigenvalue weighted by atomic mass is 9.98. The maximum absolute atomic E-state index is 13.6. The highest BCUT2D eigenvalue weighted by Gasteiger charge is 2.13. The van der Waals surface area contributed by atoms with Crippen LogP contribution in [0.2, 0.25) is 5.02 Å². The van der Waals surface area contributed by atoms with Gasteiger partial charge in [-0.05, 0) is 47.9 Å². The van der Waals surface area contributed by atoms with Gasteiger partial charge in [0.1, 0.15) is 5.82 Å². The molecule has 0 aliphatic rings. The average molecular weight is 265 g/mol. The number of carboxylic acids is 1. The molecule has 0 saturated carbocycles. The zero-order chi connectivity index (χ0) is 13.3. The Kier molecular flexibility index (Phi) is 3.34. The maximum Gasteiger partial charge on any atom is 0.338 e. The Morgan fingerprint density at radius 2 is 1.83 bits per heavy atom. The van der Waals surface area contributed by atoms with Crippen molar-refractivity contribution in [2.45, 2.75) is 6.92 Å². The van der Waals surface area contributed by atoms with Crippen LogP contribution in [0, 0.1) is 12.7 Å². The summed E-state index contributed by atoms with van der Waals surface area (Å²) >= 11 is 5.79. The van der Waals surface area contributed by atoms with Gasteiger partial charge in [-0.15, -0.1) is 0 Å². The molecule has 2 aromatic rings. The summed E-state index contributed by atoms with van der Waals surface area (Å²) in [6, 6.07) is 9.53. The largest absolute Gasteiger partial charge is 0.478 e. The Morgan fingerprint density at radius 3 is 2.39 bits per heavy atom. The van der Waals surface area contributed by atoms with Gasteiger partial charge in [0, 0.05) is 5.02 Å². The van der Waals surface area contributed by atoms with E-state index in [0.717, 1.165) is 5.56 Å². The number of hydrogen-bond acceptors (Lipinski definition) is 1. The van der Waals surface area contributed by atoms with Crippen molar-refractivity contribution >= 4 is 17.6 Å². The normalized spacial score (nSPS) is 10.4. The predicted octanol–water partition coefficient (Wildman–Crippen LogP) is 4.15. The second kappa shape index (κ2) is 4.78. The fourth-order valence-electron chi connectivity index (χ4n) is 1.79. The van der Waals surface area contributed by atoms with E-state index >= 15 is 0 Å². The van der Waals surface area contributed by atoms with E-state index in [1.165, 1.54) is 12.1 Å². The Balaban J connectivity index is 2.56. The highest BCUT2D eigenvalue weighted by Crippen LogP contribution is 2.27. The molecular formula is C14H10ClFO2. The van der Waals surface area contributed by atoms with E-state index < -0.39 is 11.8 Å². The summed E-state index contributed by atoms with van der Waals surface area (Å²) in [5.74, 6) is -2.00. The average Bonchev–Trinajstić information content (AvgIpc) is 2.32. The van der Waals surface area contributed by atoms with Gasteiger partial charge >= 0.3 is 5.97 Å². The molecule has 0 aliphatic carbocycles. The molecule has 0 amide bonds. The van der Waals surface area contributed by atoms with Gasteiger partial charge in [-0.1, -0.05) is 23.7 Å². The number of benzene rings is 2. The van der Waals surface area contributed by atoms with E-state index in [9.17, 15) is 9.18 Å². The van der Waals surface area contributed by atoms with Gasteiger partial charge in [-0.3, -0.25) is 0 Å². The summed E-state index contributed by atoms with van der Waals surface area (Å²) < 4.78 is 13.6. The lowest BCUT2D eigenvalue weighted by Gasteiger charge is -2.08. The zero-order valence-electron chi connectivity index (χ0n) is 9.58. The van der Waals surface area contributed by atoms with Crippen LogP contribution in [0.3, 0.4) is 0 Å². The molecular weight excluding hydrogens is 255 g/mol. The molecule has 0 aromatic heterocycles. The molecule has 2 rings (SSSR count). The lowest BCUT2D eigenvalue weighted by molar-refractivity contribution is 0.0692. The molecule has 0 atom stereocenters. The number of carbonyl (C=O) groups is 1. The van der Waals surface area contributed by atoms with Crippen molar-refractivity contribution < 1.29 is 14.3 Å². The molecule has 4 heteroatoms. The second-order valence-corrected chi connectivity index (χ2v) is 4.40. The smallest absolute Gasteiger partial charge is 0.338 e. The van der Waals surface area contributed by atoms with Crippen molar-refractivity contribution in [2.24, 2.45) is 0 Å². The third-order valence-corrected chi connectivity index (χ3v) is 2.95. The molecule has 2 aromatic carbocycles. The maximum atomic E-state index is 13.6. The summed E-state index contributed by atoms with van der Waals surface area (Å²) in [6.45, 7) is 1.75. The molecule has 0 heterocycles. The molecule has 1 N–H and O–H groups in total. The van der Waals surface area contributed by atoms with Crippen LogP contribution in [0.4, 0.5) is 4.39 Å². The number of rotatable bonds is 2. The summed E-state index contributed by atoms with van der Waals surface area (Å²) in [7, 11) is 0. The predicted molar refractivity (Wildman–Crippen MR) is 68.5 cm³/mol. The van der Waals surface area contributed by atoms with E-state index in [-0.39, 0.29) is 5.56 Å². The minimum absolute atomic E-state index is 0.315. The van der Waals surface area contributed by atoms with Gasteiger partial charge in [-0.2, -0.15) is 0 Å². The van der Waals surface area contributed by atoms with Crippen molar-refractivity contribution in [3.63, 3.8) is 0 Å². The van der Waals surface area contributed by atoms with Crippen molar-refractivity contribution in [1.29, 1.82) is 0 Å². The van der Waals surface area contributed by atoms with Crippen LogP contribution in [0.5, 0.6) is 0 Å². The van der Waals surface area contributed by atoms with Gasteiger partial charge in [-0.25, -0.2) is 9.18 Å². The molecule has 18 heavy (non-hydrogen) atoms. The van der Waals surface area contributed by atoms with Gasteiger partial charge < -0.3 is 5.11 Å². The summed E-state index contributed by atoms with van der Waals surface area (Å²) in [6.07, 6.45) is 0. The standard InChI is InChI=1S/C14H10ClFO2/c1-8-6-12(14(17)18)13(16)7-11(8)9-2-4-10(15)5-3-9/h2-7H,1H3,(H,17,18). The number of carboxylic acid groups (broad SMARTS) is 1. The van der Waals surface area contributed by atoms with Gasteiger partial charge in [0.15, 0.2) is 0 Å². The van der Waals surface area contributed by atoms with Crippen molar-refractivity contribution in [3.8, 4) is 11.1 Å². The number of halogens is 2. The third kappa shape index (κ3) is 2.36. The molecule has 0 fully saturated rings. The van der Waals surface area contributed by atoms with Crippen LogP contribution in [-0.2, 0) is 0 Å². The SMILES string of the molecule is Cc1cc(C(=O)O)c(F)cc1-c1ccc(Cl)cc1. The summed E-state index contributed by atoms with van der Waals surface area (Å²) in [5.41, 5.74) is 1.85. The Labute approximate surface area is 109 Å². The minimum Gasteiger partial charge on any atom is -0.478 e. The molecule has 2 nitrogen and oxygen atoms in total. The quantitative estimate of drug-likeness (QED) is 0.885. The van der Waals surface area contributed by atoms with Gasteiger partial charge in [0.05, 0.1) is 5.56 Å². The lowest BCUT2D eigenvalue weighted by Crippen LogP contribution is -2.02. The molecule has 0 aliphatic heterocycles. The number of hydrogen-bond donors (Lipinski definition) is 1. The topological polar surface area (TPSA) is 37.3 Å². The summed E-state index contributed by atoms with van der Waals surface area (Å²) in [4.78, 5) is 10.8. The van der Waals surface area contributed by atoms with E-state index in [2.05, 4.69) is 0 Å². The van der Waals surface area contributed by atoms with Gasteiger partial charge in [0.25, 0.3) is 0 Å². The van der Waals surface area contributed by atoms with Crippen LogP contribution in [0.25, 0.3) is 11.1 Å². The first kappa shape index (κ1) is 12.6. The van der Waals surface area contributed by atoms with Crippen LogP contribution in [0.15, 0.2) is 36.4 Å². The minimum atomic E-state index is -1.27. The highest BCUT2D eigenvalue weighted by atomic mass is 35.5. The number of aromatic carboxylic acids is 1. The van der Waals surface area contributed by atoms with Crippen molar-refractivity contribution in [2.75, 3.05) is 0 Å².